The Morgan fingerprint density at radius 1 is 1.18 bits per heavy atom. The van der Waals surface area contributed by atoms with Crippen LogP contribution in [0.3, 0.4) is 0 Å². The second kappa shape index (κ2) is 8.60. The van der Waals surface area contributed by atoms with Gasteiger partial charge >= 0.3 is 96.8 Å². The van der Waals surface area contributed by atoms with E-state index in [1.54, 1.807) is 0 Å². The van der Waals surface area contributed by atoms with Crippen molar-refractivity contribution in [2.24, 2.45) is 0 Å². The smallest absolute Gasteiger partial charge is 1.00 e. The average Bonchev–Trinajstić information content (AvgIpc) is 2.81. The standard InChI is InChI=1S/C7H7.C6H5O.2ClH.V/c1-7-5-3-2-4-6-7;7-5-6-3-1-2-4-6;;;/h2-6H,1H2;1-3H,4H2;2*1H;/q;;;;+2/p-2. The van der Waals surface area contributed by atoms with Gasteiger partial charge in [-0.1, -0.05) is 0 Å². The number of benzene rings is 1. The zero-order chi connectivity index (χ0) is 10.5. The Morgan fingerprint density at radius 2 is 1.88 bits per heavy atom. The van der Waals surface area contributed by atoms with E-state index in [9.17, 15) is 4.79 Å². The van der Waals surface area contributed by atoms with Gasteiger partial charge < -0.3 is 24.8 Å². The molecule has 0 saturated carbocycles. The third-order valence-electron chi connectivity index (χ3n) is 2.29. The van der Waals surface area contributed by atoms with Gasteiger partial charge in [-0.05, 0) is 0 Å². The Balaban J connectivity index is 0.00000128. The van der Waals surface area contributed by atoms with Crippen molar-refractivity contribution in [2.45, 2.75) is 11.6 Å². The maximum absolute atomic E-state index is 11.8. The van der Waals surface area contributed by atoms with Crippen LogP contribution in [-0.4, -0.2) is 4.49 Å². The molecule has 0 spiro atoms. The summed E-state index contributed by atoms with van der Waals surface area (Å²) >= 11 is -0.229. The van der Waals surface area contributed by atoms with E-state index in [1.807, 2.05) is 36.4 Å². The normalized spacial score (nSPS) is 11.9. The predicted molar refractivity (Wildman–Crippen MR) is 57.0 cm³/mol. The van der Waals surface area contributed by atoms with Crippen LogP contribution in [0.25, 0.3) is 0 Å². The third-order valence-corrected chi connectivity index (χ3v) is 4.01. The van der Waals surface area contributed by atoms with Crippen molar-refractivity contribution in [3.63, 3.8) is 0 Å². The van der Waals surface area contributed by atoms with Gasteiger partial charge in [-0.25, -0.2) is 0 Å². The summed E-state index contributed by atoms with van der Waals surface area (Å²) in [5, 5.41) is 0.938. The molecule has 2 rings (SSSR count). The maximum Gasteiger partial charge on any atom is -1.00 e. The van der Waals surface area contributed by atoms with Crippen molar-refractivity contribution < 1.29 is 45.9 Å². The Bertz CT molecular complexity index is 413. The molecule has 4 heteroatoms. The van der Waals surface area contributed by atoms with Crippen LogP contribution in [0.2, 0.25) is 0 Å². The van der Waals surface area contributed by atoms with E-state index in [-0.39, 0.29) is 41.1 Å². The van der Waals surface area contributed by atoms with Crippen molar-refractivity contribution in [1.82, 2.24) is 0 Å². The quantitative estimate of drug-likeness (QED) is 0.569. The fourth-order valence-corrected chi connectivity index (χ4v) is 2.87. The number of hydrogen-bond donors (Lipinski definition) is 0. The minimum atomic E-state index is -0.229. The largest absolute Gasteiger partial charge is 1.00 e. The average molecular weight is 306 g/mol. The molecule has 0 atom stereocenters. The molecular formula is C13H12Cl2OV. The number of allylic oxidation sites excluding steroid dienone is 4. The molecule has 0 aliphatic heterocycles. The molecule has 1 nitrogen and oxygen atoms in total. The second-order valence-electron chi connectivity index (χ2n) is 3.43. The molecule has 1 aromatic rings. The first-order chi connectivity index (χ1) is 7.36. The number of carbonyl (C=O) groups is 1. The van der Waals surface area contributed by atoms with Gasteiger partial charge in [0.2, 0.25) is 0 Å². The summed E-state index contributed by atoms with van der Waals surface area (Å²) in [6.07, 6.45) is 6.79. The van der Waals surface area contributed by atoms with Gasteiger partial charge in [0.1, 0.15) is 0 Å². The Labute approximate surface area is 121 Å². The van der Waals surface area contributed by atoms with Gasteiger partial charge in [0.05, 0.1) is 0 Å². The van der Waals surface area contributed by atoms with Gasteiger partial charge in [0.15, 0.2) is 0 Å². The molecule has 0 radical (unpaired) electrons. The van der Waals surface area contributed by atoms with E-state index >= 15 is 0 Å². The molecule has 0 N–H and O–H groups in total. The van der Waals surface area contributed by atoms with Crippen LogP contribution in [-0.2, 0) is 26.2 Å². The molecule has 0 bridgehead atoms. The number of carbonyl (C=O) groups excluding carboxylic acids is 1. The minimum Gasteiger partial charge on any atom is -1.00 e. The third kappa shape index (κ3) is 5.14. The molecule has 1 aliphatic carbocycles. The zero-order valence-electron chi connectivity index (χ0n) is 9.14. The van der Waals surface area contributed by atoms with E-state index in [4.69, 9.17) is 0 Å². The van der Waals surface area contributed by atoms with Crippen LogP contribution in [0.5, 0.6) is 0 Å². The second-order valence-corrected chi connectivity index (χ2v) is 5.05. The van der Waals surface area contributed by atoms with E-state index in [1.165, 1.54) is 5.56 Å². The van der Waals surface area contributed by atoms with Gasteiger partial charge in [0.25, 0.3) is 0 Å². The molecule has 17 heavy (non-hydrogen) atoms. The number of hydrogen-bond acceptors (Lipinski definition) is 1. The summed E-state index contributed by atoms with van der Waals surface area (Å²) < 4.78 is 0.375. The van der Waals surface area contributed by atoms with Crippen molar-refractivity contribution in [3.05, 3.63) is 59.7 Å². The Kier molecular flexibility index (Phi) is 8.36. The summed E-state index contributed by atoms with van der Waals surface area (Å²) in [6.45, 7) is 0. The van der Waals surface area contributed by atoms with E-state index < -0.39 is 0 Å². The molecule has 89 valence electrons. The Morgan fingerprint density at radius 3 is 2.47 bits per heavy atom. The molecule has 0 saturated heterocycles. The molecule has 1 aliphatic rings. The predicted octanol–water partition coefficient (Wildman–Crippen LogP) is -3.31. The van der Waals surface area contributed by atoms with E-state index in [2.05, 4.69) is 12.1 Å². The van der Waals surface area contributed by atoms with Gasteiger partial charge in [0, 0.05) is 0 Å². The first kappa shape index (κ1) is 16.5. The number of rotatable bonds is 4. The van der Waals surface area contributed by atoms with Gasteiger partial charge in [-0.2, -0.15) is 0 Å². The monoisotopic (exact) mass is 305 g/mol. The van der Waals surface area contributed by atoms with Crippen LogP contribution in [0, 0.1) is 0 Å². The first-order valence-corrected chi connectivity index (χ1v) is 6.66. The topological polar surface area (TPSA) is 17.1 Å². The summed E-state index contributed by atoms with van der Waals surface area (Å²) in [7, 11) is 0. The van der Waals surface area contributed by atoms with Gasteiger partial charge in [-0.3, -0.25) is 0 Å². The molecule has 0 aromatic heterocycles. The molecular weight excluding hydrogens is 294 g/mol. The van der Waals surface area contributed by atoms with Crippen LogP contribution in [0.1, 0.15) is 12.0 Å². The molecule has 0 amide bonds. The van der Waals surface area contributed by atoms with E-state index in [0.717, 1.165) is 17.1 Å². The van der Waals surface area contributed by atoms with Crippen molar-refractivity contribution in [2.75, 3.05) is 0 Å². The SMILES string of the molecule is O=[C]([V+2][CH2]c1ccccc1)C1=CC=CC1.[Cl-].[Cl-]. The van der Waals surface area contributed by atoms with Crippen LogP contribution in [0.4, 0.5) is 0 Å². The first-order valence-electron chi connectivity index (χ1n) is 4.98. The van der Waals surface area contributed by atoms with Gasteiger partial charge in [-0.15, -0.1) is 0 Å². The maximum atomic E-state index is 11.8. The van der Waals surface area contributed by atoms with Crippen LogP contribution >= 0.6 is 0 Å². The minimum absolute atomic E-state index is 0. The van der Waals surface area contributed by atoms with Crippen LogP contribution < -0.4 is 24.8 Å². The summed E-state index contributed by atoms with van der Waals surface area (Å²) in [5.41, 5.74) is 2.27. The van der Waals surface area contributed by atoms with E-state index in [0.29, 0.717) is 4.49 Å². The molecule has 0 unspecified atom stereocenters. The molecule has 0 fully saturated rings. The van der Waals surface area contributed by atoms with Crippen molar-refractivity contribution >= 4 is 4.49 Å². The zero-order valence-corrected chi connectivity index (χ0v) is 12.1. The Hall–Kier alpha value is -0.466. The molecule has 1 aromatic carbocycles. The summed E-state index contributed by atoms with van der Waals surface area (Å²) in [6, 6.07) is 10.2. The van der Waals surface area contributed by atoms with Crippen molar-refractivity contribution in [1.29, 1.82) is 0 Å². The fourth-order valence-electron chi connectivity index (χ4n) is 1.45. The summed E-state index contributed by atoms with van der Waals surface area (Å²) in [5.74, 6) is 0. The molecule has 0 heterocycles. The van der Waals surface area contributed by atoms with Crippen molar-refractivity contribution in [3.8, 4) is 0 Å². The summed E-state index contributed by atoms with van der Waals surface area (Å²) in [4.78, 5) is 11.8. The fraction of sp³-hybridized carbons (Fsp3) is 0.154. The number of halogens is 2. The van der Waals surface area contributed by atoms with Crippen LogP contribution in [0.15, 0.2) is 54.1 Å².